The number of thiophene rings is 1. The fourth-order valence-electron chi connectivity index (χ4n) is 3.20. The van der Waals surface area contributed by atoms with Gasteiger partial charge in [-0.2, -0.15) is 0 Å². The number of carbonyl (C=O) groups is 1. The van der Waals surface area contributed by atoms with E-state index in [2.05, 4.69) is 14.6 Å². The molecule has 1 amide bonds. The monoisotopic (exact) mass is 519 g/mol. The van der Waals surface area contributed by atoms with Gasteiger partial charge in [0.15, 0.2) is 5.13 Å². The van der Waals surface area contributed by atoms with Crippen LogP contribution in [0.2, 0.25) is 0 Å². The van der Waals surface area contributed by atoms with Gasteiger partial charge in [-0.25, -0.2) is 4.98 Å². The quantitative estimate of drug-likeness (QED) is 0.409. The number of aromatic nitrogens is 1. The third-order valence-corrected chi connectivity index (χ3v) is 6.63. The highest BCUT2D eigenvalue weighted by atomic mass is 35.5. The molecule has 0 saturated carbocycles. The van der Waals surface area contributed by atoms with Gasteiger partial charge >= 0.3 is 6.36 Å². The maximum absolute atomic E-state index is 13.0. The van der Waals surface area contributed by atoms with Crippen molar-refractivity contribution in [2.45, 2.75) is 6.36 Å². The molecule has 4 rings (SSSR count). The Labute approximate surface area is 202 Å². The second-order valence-corrected chi connectivity index (χ2v) is 8.95. The molecule has 0 atom stereocenters. The van der Waals surface area contributed by atoms with E-state index < -0.39 is 6.36 Å². The Kier molecular flexibility index (Phi) is 8.71. The number of hydrogen-bond donors (Lipinski definition) is 0. The minimum atomic E-state index is -4.77. The Bertz CT molecular complexity index is 1080. The van der Waals surface area contributed by atoms with Gasteiger partial charge < -0.3 is 9.47 Å². The van der Waals surface area contributed by atoms with Gasteiger partial charge in [0.25, 0.3) is 5.91 Å². The molecule has 1 aliphatic heterocycles. The van der Waals surface area contributed by atoms with Crippen LogP contribution in [-0.4, -0.2) is 61.5 Å². The normalized spacial score (nSPS) is 15.0. The lowest BCUT2D eigenvalue weighted by molar-refractivity contribution is -0.274. The van der Waals surface area contributed by atoms with Crippen LogP contribution in [0.25, 0.3) is 16.3 Å². The van der Waals surface area contributed by atoms with E-state index in [0.29, 0.717) is 41.7 Å². The van der Waals surface area contributed by atoms with Gasteiger partial charge in [0.2, 0.25) is 0 Å². The predicted molar refractivity (Wildman–Crippen MR) is 127 cm³/mol. The minimum absolute atomic E-state index is 0. The summed E-state index contributed by atoms with van der Waals surface area (Å²) in [5.41, 5.74) is 0.505. The molecule has 178 valence electrons. The molecule has 33 heavy (non-hydrogen) atoms. The fourth-order valence-corrected chi connectivity index (χ4v) is 4.84. The number of carbonyl (C=O) groups excluding carboxylic acids is 1. The Morgan fingerprint density at radius 2 is 2.06 bits per heavy atom. The average Bonchev–Trinajstić information content (AvgIpc) is 3.41. The summed E-state index contributed by atoms with van der Waals surface area (Å²) >= 11 is 2.68. The van der Waals surface area contributed by atoms with Crippen LogP contribution in [0.4, 0.5) is 18.3 Å². The van der Waals surface area contributed by atoms with Gasteiger partial charge in [-0.1, -0.05) is 17.4 Å². The van der Waals surface area contributed by atoms with Crippen molar-refractivity contribution in [3.05, 3.63) is 46.7 Å². The summed E-state index contributed by atoms with van der Waals surface area (Å²) in [7, 11) is 0. The van der Waals surface area contributed by atoms with Crippen LogP contribution in [0, 0.1) is 0 Å². The number of morpholine rings is 1. The number of rotatable bonds is 7. The molecular formula is C21H21ClF3N3O3S2. The van der Waals surface area contributed by atoms with Crippen LogP contribution >= 0.6 is 35.1 Å². The van der Waals surface area contributed by atoms with Crippen molar-refractivity contribution in [1.82, 2.24) is 9.88 Å². The van der Waals surface area contributed by atoms with Gasteiger partial charge in [0.1, 0.15) is 5.75 Å². The van der Waals surface area contributed by atoms with E-state index in [1.807, 2.05) is 17.5 Å². The lowest BCUT2D eigenvalue weighted by atomic mass is 10.3. The molecule has 1 aliphatic rings. The Balaban J connectivity index is 0.00000306. The van der Waals surface area contributed by atoms with Crippen LogP contribution in [0.1, 0.15) is 4.88 Å². The molecule has 1 saturated heterocycles. The number of thiazole rings is 1. The molecule has 0 spiro atoms. The molecule has 6 nitrogen and oxygen atoms in total. The molecule has 12 heteroatoms. The first kappa shape index (κ1) is 25.4. The molecule has 1 aromatic carbocycles. The van der Waals surface area contributed by atoms with Gasteiger partial charge in [-0.3, -0.25) is 14.6 Å². The largest absolute Gasteiger partial charge is 0.573 e. The highest BCUT2D eigenvalue weighted by molar-refractivity contribution is 7.22. The smallest absolute Gasteiger partial charge is 0.406 e. The first-order valence-electron chi connectivity index (χ1n) is 9.87. The van der Waals surface area contributed by atoms with Gasteiger partial charge in [0, 0.05) is 43.2 Å². The summed E-state index contributed by atoms with van der Waals surface area (Å²) in [6.07, 6.45) is -1.53. The summed E-state index contributed by atoms with van der Waals surface area (Å²) in [4.78, 5) is 22.2. The van der Waals surface area contributed by atoms with Gasteiger partial charge in [-0.05, 0) is 29.7 Å². The lowest BCUT2D eigenvalue weighted by Crippen LogP contribution is -2.42. The maximum atomic E-state index is 13.0. The van der Waals surface area contributed by atoms with E-state index in [1.165, 1.54) is 35.6 Å². The third kappa shape index (κ3) is 7.15. The van der Waals surface area contributed by atoms with Crippen LogP contribution in [0.5, 0.6) is 5.75 Å². The predicted octanol–water partition coefficient (Wildman–Crippen LogP) is 5.06. The number of alkyl halides is 3. The average molecular weight is 520 g/mol. The number of fused-ring (bicyclic) bond motifs is 1. The summed E-state index contributed by atoms with van der Waals surface area (Å²) in [5, 5.41) is 2.35. The summed E-state index contributed by atoms with van der Waals surface area (Å²) in [5.74, 6) is -0.554. The molecule has 0 aliphatic carbocycles. The summed E-state index contributed by atoms with van der Waals surface area (Å²) in [6, 6.07) is 7.78. The second kappa shape index (κ2) is 11.3. The highest BCUT2D eigenvalue weighted by Crippen LogP contribution is 2.33. The van der Waals surface area contributed by atoms with Crippen molar-refractivity contribution in [2.24, 2.45) is 0 Å². The Morgan fingerprint density at radius 1 is 1.27 bits per heavy atom. The number of ether oxygens (including phenoxy) is 2. The molecule has 3 aromatic rings. The van der Waals surface area contributed by atoms with Crippen LogP contribution in [0.3, 0.4) is 0 Å². The van der Waals surface area contributed by atoms with Crippen molar-refractivity contribution in [3.63, 3.8) is 0 Å². The van der Waals surface area contributed by atoms with E-state index in [4.69, 9.17) is 4.74 Å². The molecule has 0 unspecified atom stereocenters. The molecule has 0 radical (unpaired) electrons. The minimum Gasteiger partial charge on any atom is -0.406 e. The van der Waals surface area contributed by atoms with E-state index in [1.54, 1.807) is 11.0 Å². The molecular weight excluding hydrogens is 499 g/mol. The van der Waals surface area contributed by atoms with Crippen molar-refractivity contribution in [2.75, 3.05) is 44.3 Å². The second-order valence-electron chi connectivity index (χ2n) is 6.97. The molecule has 1 fully saturated rings. The van der Waals surface area contributed by atoms with E-state index >= 15 is 0 Å². The number of hydrogen-bond acceptors (Lipinski definition) is 7. The summed E-state index contributed by atoms with van der Waals surface area (Å²) < 4.78 is 47.5. The van der Waals surface area contributed by atoms with Gasteiger partial charge in [0.05, 0.1) is 23.4 Å². The number of benzene rings is 1. The Hall–Kier alpha value is -2.18. The van der Waals surface area contributed by atoms with Gasteiger partial charge in [-0.15, -0.1) is 36.9 Å². The molecule has 0 N–H and O–H groups in total. The summed E-state index contributed by atoms with van der Waals surface area (Å²) in [6.45, 7) is 3.90. The van der Waals surface area contributed by atoms with E-state index in [9.17, 15) is 18.0 Å². The maximum Gasteiger partial charge on any atom is 0.573 e. The highest BCUT2D eigenvalue weighted by Gasteiger charge is 2.31. The molecule has 2 aromatic heterocycles. The van der Waals surface area contributed by atoms with Crippen LogP contribution < -0.4 is 9.64 Å². The zero-order chi connectivity index (χ0) is 22.6. The SMILES string of the molecule is Cl.O=C(C=Cc1cccs1)N(CCN1CCOCC1)c1nc2ccc(OC(F)(F)F)cc2s1. The van der Waals surface area contributed by atoms with E-state index in [0.717, 1.165) is 29.3 Å². The van der Waals surface area contributed by atoms with Crippen molar-refractivity contribution in [3.8, 4) is 5.75 Å². The topological polar surface area (TPSA) is 54.9 Å². The zero-order valence-electron chi connectivity index (χ0n) is 17.3. The zero-order valence-corrected chi connectivity index (χ0v) is 19.7. The number of anilines is 1. The number of amides is 1. The van der Waals surface area contributed by atoms with E-state index in [-0.39, 0.29) is 24.1 Å². The molecule has 0 bridgehead atoms. The van der Waals surface area contributed by atoms with Crippen LogP contribution in [-0.2, 0) is 9.53 Å². The van der Waals surface area contributed by atoms with Crippen molar-refractivity contribution in [1.29, 1.82) is 0 Å². The number of nitrogens with zero attached hydrogens (tertiary/aromatic N) is 3. The lowest BCUT2D eigenvalue weighted by Gasteiger charge is -2.28. The van der Waals surface area contributed by atoms with Crippen molar-refractivity contribution >= 4 is 62.4 Å². The Morgan fingerprint density at radius 3 is 2.76 bits per heavy atom. The van der Waals surface area contributed by atoms with Crippen molar-refractivity contribution < 1.29 is 27.4 Å². The first-order chi connectivity index (χ1) is 15.4. The third-order valence-electron chi connectivity index (χ3n) is 4.76. The molecule has 3 heterocycles. The van der Waals surface area contributed by atoms with Crippen LogP contribution in [0.15, 0.2) is 41.8 Å². The number of halogens is 4. The first-order valence-corrected chi connectivity index (χ1v) is 11.6. The standard InChI is InChI=1S/C21H20F3N3O3S2.ClH/c22-21(23,24)30-15-3-5-17-18(14-15)32-20(25-17)27(8-7-26-9-11-29-12-10-26)19(28)6-4-16-2-1-13-31-16;/h1-6,13-14H,7-12H2;1H. The fraction of sp³-hybridized carbons (Fsp3) is 0.333.